The number of likely N-dealkylation sites (tertiary alicyclic amines) is 1. The molecule has 0 saturated carbocycles. The van der Waals surface area contributed by atoms with Gasteiger partial charge in [0.05, 0.1) is 13.1 Å². The summed E-state index contributed by atoms with van der Waals surface area (Å²) < 4.78 is 16.6. The van der Waals surface area contributed by atoms with Crippen molar-refractivity contribution in [2.75, 3.05) is 26.7 Å². The Morgan fingerprint density at radius 3 is 2.68 bits per heavy atom. The van der Waals surface area contributed by atoms with Gasteiger partial charge in [-0.05, 0) is 18.2 Å². The van der Waals surface area contributed by atoms with Gasteiger partial charge in [0.1, 0.15) is 5.75 Å². The Bertz CT molecular complexity index is 803. The van der Waals surface area contributed by atoms with Gasteiger partial charge in [-0.25, -0.2) is 4.79 Å². The minimum atomic E-state index is -0.600. The number of carbonyl (C=O) groups is 2. The summed E-state index contributed by atoms with van der Waals surface area (Å²) >= 11 is 0. The first-order valence-corrected chi connectivity index (χ1v) is 8.11. The molecule has 1 spiro atoms. The lowest BCUT2D eigenvalue weighted by molar-refractivity contribution is 0.0537. The maximum absolute atomic E-state index is 12.6. The fourth-order valence-electron chi connectivity index (χ4n) is 3.27. The van der Waals surface area contributed by atoms with Gasteiger partial charge in [-0.15, -0.1) is 0 Å². The maximum atomic E-state index is 12.6. The number of para-hydroxylation sites is 1. The Morgan fingerprint density at radius 1 is 1.16 bits per heavy atom. The van der Waals surface area contributed by atoms with Crippen molar-refractivity contribution in [2.24, 2.45) is 0 Å². The molecule has 3 heterocycles. The molecule has 0 N–H and O–H groups in total. The van der Waals surface area contributed by atoms with E-state index in [4.69, 9.17) is 13.9 Å². The third-order valence-electron chi connectivity index (χ3n) is 4.50. The molecule has 2 aromatic rings. The predicted octanol–water partition coefficient (Wildman–Crippen LogP) is 2.74. The van der Waals surface area contributed by atoms with Crippen LogP contribution in [0.25, 0.3) is 0 Å². The molecule has 2 aliphatic heterocycles. The minimum Gasteiger partial charge on any atom is -0.439 e. The molecule has 1 aromatic carbocycles. The van der Waals surface area contributed by atoms with E-state index in [1.54, 1.807) is 36.2 Å². The Balaban J connectivity index is 1.43. The van der Waals surface area contributed by atoms with Crippen LogP contribution in [-0.4, -0.2) is 54.1 Å². The summed E-state index contributed by atoms with van der Waals surface area (Å²) in [7, 11) is 1.70. The highest BCUT2D eigenvalue weighted by molar-refractivity contribution is 5.92. The highest BCUT2D eigenvalue weighted by Gasteiger charge is 2.49. The summed E-state index contributed by atoms with van der Waals surface area (Å²) in [5, 5.41) is 0. The highest BCUT2D eigenvalue weighted by atomic mass is 16.6. The lowest BCUT2D eigenvalue weighted by atomic mass is 10.0. The molecule has 0 radical (unpaired) electrons. The molecule has 2 amide bonds. The molecule has 0 unspecified atom stereocenters. The third kappa shape index (κ3) is 2.93. The highest BCUT2D eigenvalue weighted by Crippen LogP contribution is 2.33. The van der Waals surface area contributed by atoms with Crippen LogP contribution in [0.5, 0.6) is 11.7 Å². The summed E-state index contributed by atoms with van der Waals surface area (Å²) in [6.45, 7) is 1.39. The molecule has 0 bridgehead atoms. The fraction of sp³-hybridized carbons (Fsp3) is 0.333. The number of hydrogen-bond acceptors (Lipinski definition) is 5. The largest absolute Gasteiger partial charge is 0.439 e. The Morgan fingerprint density at radius 2 is 1.96 bits per heavy atom. The van der Waals surface area contributed by atoms with Gasteiger partial charge in [-0.2, -0.15) is 0 Å². The van der Waals surface area contributed by atoms with E-state index in [2.05, 4.69) is 0 Å². The molecular weight excluding hydrogens is 324 g/mol. The molecule has 2 aliphatic rings. The Hall–Kier alpha value is -2.96. The first-order valence-electron chi connectivity index (χ1n) is 8.11. The second kappa shape index (κ2) is 5.84. The van der Waals surface area contributed by atoms with Crippen LogP contribution in [-0.2, 0) is 4.74 Å². The van der Waals surface area contributed by atoms with Crippen molar-refractivity contribution in [1.82, 2.24) is 9.80 Å². The zero-order valence-electron chi connectivity index (χ0n) is 13.8. The molecule has 7 heteroatoms. The topological polar surface area (TPSA) is 72.2 Å². The average Bonchev–Trinajstić information content (AvgIpc) is 3.29. The van der Waals surface area contributed by atoms with Crippen LogP contribution in [0.4, 0.5) is 4.79 Å². The molecule has 2 fully saturated rings. The third-order valence-corrected chi connectivity index (χ3v) is 4.50. The summed E-state index contributed by atoms with van der Waals surface area (Å²) in [6.07, 6.45) is 0.286. The number of nitrogens with zero attached hydrogens (tertiary/aromatic N) is 2. The normalized spacial score (nSPS) is 22.5. The van der Waals surface area contributed by atoms with Crippen molar-refractivity contribution in [3.63, 3.8) is 0 Å². The van der Waals surface area contributed by atoms with E-state index in [0.29, 0.717) is 31.8 Å². The number of carbonyl (C=O) groups excluding carboxylic acids is 2. The van der Waals surface area contributed by atoms with Gasteiger partial charge < -0.3 is 23.7 Å². The van der Waals surface area contributed by atoms with Crippen LogP contribution in [0.3, 0.4) is 0 Å². The fourth-order valence-corrected chi connectivity index (χ4v) is 3.27. The lowest BCUT2D eigenvalue weighted by Gasteiger charge is -2.21. The summed E-state index contributed by atoms with van der Waals surface area (Å²) in [5.41, 5.74) is -0.600. The molecule has 7 nitrogen and oxygen atoms in total. The second-order valence-corrected chi connectivity index (χ2v) is 6.42. The monoisotopic (exact) mass is 342 g/mol. The first-order chi connectivity index (χ1) is 12.0. The maximum Gasteiger partial charge on any atom is 0.410 e. The van der Waals surface area contributed by atoms with E-state index in [0.717, 1.165) is 0 Å². The minimum absolute atomic E-state index is 0.209. The van der Waals surface area contributed by atoms with Crippen molar-refractivity contribution in [3.8, 4) is 11.7 Å². The molecule has 2 saturated heterocycles. The number of furan rings is 1. The van der Waals surface area contributed by atoms with Crippen molar-refractivity contribution < 1.29 is 23.5 Å². The van der Waals surface area contributed by atoms with E-state index in [-0.39, 0.29) is 23.7 Å². The van der Waals surface area contributed by atoms with Crippen molar-refractivity contribution in [2.45, 2.75) is 12.0 Å². The SMILES string of the molecule is CN1C[C@@]2(CCN(C(=O)c3ccc(Oc4ccccc4)o3)C2)OC1=O. The summed E-state index contributed by atoms with van der Waals surface area (Å²) in [6, 6.07) is 12.4. The van der Waals surface area contributed by atoms with Gasteiger partial charge in [-0.3, -0.25) is 4.79 Å². The van der Waals surface area contributed by atoms with Gasteiger partial charge >= 0.3 is 6.09 Å². The predicted molar refractivity (Wildman–Crippen MR) is 87.6 cm³/mol. The van der Waals surface area contributed by atoms with Crippen LogP contribution in [0.1, 0.15) is 17.0 Å². The number of hydrogen-bond donors (Lipinski definition) is 0. The zero-order valence-corrected chi connectivity index (χ0v) is 13.8. The quantitative estimate of drug-likeness (QED) is 0.858. The molecule has 130 valence electrons. The van der Waals surface area contributed by atoms with Gasteiger partial charge in [0.2, 0.25) is 0 Å². The van der Waals surface area contributed by atoms with Gasteiger partial charge in [0.15, 0.2) is 11.4 Å². The van der Waals surface area contributed by atoms with Crippen LogP contribution >= 0.6 is 0 Å². The number of benzene rings is 1. The smallest absolute Gasteiger partial charge is 0.410 e. The van der Waals surface area contributed by atoms with Crippen LogP contribution in [0.2, 0.25) is 0 Å². The number of ether oxygens (including phenoxy) is 2. The molecule has 1 aromatic heterocycles. The van der Waals surface area contributed by atoms with Gasteiger partial charge in [0.25, 0.3) is 11.9 Å². The van der Waals surface area contributed by atoms with Crippen LogP contribution in [0.15, 0.2) is 46.9 Å². The Labute approximate surface area is 144 Å². The van der Waals surface area contributed by atoms with Crippen LogP contribution in [0, 0.1) is 0 Å². The molecule has 25 heavy (non-hydrogen) atoms. The molecule has 1 atom stereocenters. The van der Waals surface area contributed by atoms with E-state index < -0.39 is 5.60 Å². The lowest BCUT2D eigenvalue weighted by Crippen LogP contribution is -2.39. The second-order valence-electron chi connectivity index (χ2n) is 6.42. The van der Waals surface area contributed by atoms with Crippen molar-refractivity contribution in [3.05, 3.63) is 48.2 Å². The molecule has 0 aliphatic carbocycles. The van der Waals surface area contributed by atoms with Crippen LogP contribution < -0.4 is 4.74 Å². The number of rotatable bonds is 3. The van der Waals surface area contributed by atoms with Crippen molar-refractivity contribution >= 4 is 12.0 Å². The standard InChI is InChI=1S/C18H18N2O5/c1-19-11-18(25-17(19)22)9-10-20(12-18)16(21)14-7-8-15(24-14)23-13-5-3-2-4-6-13/h2-8H,9-12H2,1H3/t18-/m1/s1. The van der Waals surface area contributed by atoms with E-state index in [1.807, 2.05) is 18.2 Å². The summed E-state index contributed by atoms with van der Waals surface area (Å²) in [5.74, 6) is 0.874. The van der Waals surface area contributed by atoms with E-state index in [1.165, 1.54) is 4.90 Å². The van der Waals surface area contributed by atoms with E-state index >= 15 is 0 Å². The van der Waals surface area contributed by atoms with Gasteiger partial charge in [-0.1, -0.05) is 18.2 Å². The average molecular weight is 342 g/mol. The first kappa shape index (κ1) is 15.6. The van der Waals surface area contributed by atoms with Gasteiger partial charge in [0, 0.05) is 26.1 Å². The summed E-state index contributed by atoms with van der Waals surface area (Å²) in [4.78, 5) is 27.4. The number of amides is 2. The molecular formula is C18H18N2O5. The number of likely N-dealkylation sites (N-methyl/N-ethyl adjacent to an activating group) is 1. The van der Waals surface area contributed by atoms with E-state index in [9.17, 15) is 9.59 Å². The zero-order chi connectivity index (χ0) is 17.4. The molecule has 4 rings (SSSR count). The van der Waals surface area contributed by atoms with Crippen molar-refractivity contribution in [1.29, 1.82) is 0 Å². The Kier molecular flexibility index (Phi) is 3.63.